The summed E-state index contributed by atoms with van der Waals surface area (Å²) in [5.74, 6) is 0. The predicted octanol–water partition coefficient (Wildman–Crippen LogP) is -0.00660. The SMILES string of the molecule is S=[C]NCc1cnon1. The van der Waals surface area contributed by atoms with Crippen molar-refractivity contribution >= 4 is 17.7 Å². The molecule has 0 aliphatic carbocycles. The van der Waals surface area contributed by atoms with Gasteiger partial charge in [0.15, 0.2) is 0 Å². The molecular weight excluding hydrogens is 138 g/mol. The van der Waals surface area contributed by atoms with Crippen LogP contribution in [0.1, 0.15) is 5.69 Å². The zero-order chi connectivity index (χ0) is 6.53. The summed E-state index contributed by atoms with van der Waals surface area (Å²) in [5, 5.41) is 9.56. The Bertz CT molecular complexity index is 174. The average Bonchev–Trinajstić information content (AvgIpc) is 2.34. The molecule has 4 nitrogen and oxygen atoms in total. The zero-order valence-corrected chi connectivity index (χ0v) is 5.31. The van der Waals surface area contributed by atoms with E-state index in [1.54, 1.807) is 0 Å². The summed E-state index contributed by atoms with van der Waals surface area (Å²) < 4.78 is 4.31. The minimum absolute atomic E-state index is 0.521. The van der Waals surface area contributed by atoms with E-state index in [1.165, 1.54) is 6.20 Å². The van der Waals surface area contributed by atoms with Crippen molar-refractivity contribution in [3.05, 3.63) is 11.9 Å². The molecule has 0 aromatic carbocycles. The molecule has 9 heavy (non-hydrogen) atoms. The zero-order valence-electron chi connectivity index (χ0n) is 4.50. The normalized spacial score (nSPS) is 8.89. The lowest BCUT2D eigenvalue weighted by Crippen LogP contribution is -2.08. The number of hydrogen-bond acceptors (Lipinski definition) is 4. The van der Waals surface area contributed by atoms with E-state index in [9.17, 15) is 0 Å². The molecule has 1 radical (unpaired) electrons. The standard InChI is InChI=1S/C4H4N3OS/c9-3-5-1-4-2-6-8-7-4/h2H,1H2,(H,5,9). The molecule has 0 aliphatic heterocycles. The van der Waals surface area contributed by atoms with Crippen LogP contribution < -0.4 is 5.32 Å². The first kappa shape index (κ1) is 6.15. The largest absolute Gasteiger partial charge is 0.368 e. The van der Waals surface area contributed by atoms with Crippen LogP contribution in [0.2, 0.25) is 0 Å². The van der Waals surface area contributed by atoms with Crippen LogP contribution in [0, 0.1) is 0 Å². The van der Waals surface area contributed by atoms with Gasteiger partial charge in [-0.1, -0.05) is 22.5 Å². The number of thiocarbonyl (C=S) groups is 1. The summed E-state index contributed by atoms with van der Waals surface area (Å²) in [5.41, 5.74) is 3.04. The maximum Gasteiger partial charge on any atom is 0.134 e. The molecule has 1 N–H and O–H groups in total. The quantitative estimate of drug-likeness (QED) is 0.475. The van der Waals surface area contributed by atoms with Crippen LogP contribution >= 0.6 is 12.2 Å². The maximum atomic E-state index is 4.39. The van der Waals surface area contributed by atoms with Gasteiger partial charge in [-0.2, -0.15) is 0 Å². The topological polar surface area (TPSA) is 51.0 Å². The molecule has 47 valence electrons. The van der Waals surface area contributed by atoms with Gasteiger partial charge in [0.05, 0.1) is 12.7 Å². The average molecular weight is 142 g/mol. The molecule has 0 amide bonds. The van der Waals surface area contributed by atoms with Gasteiger partial charge in [0.1, 0.15) is 11.2 Å². The fraction of sp³-hybridized carbons (Fsp3) is 0.250. The molecule has 0 saturated carbocycles. The fourth-order valence-electron chi connectivity index (χ4n) is 0.389. The van der Waals surface area contributed by atoms with Crippen molar-refractivity contribution in [1.82, 2.24) is 15.6 Å². The number of aromatic nitrogens is 2. The van der Waals surface area contributed by atoms with Gasteiger partial charge in [0, 0.05) is 0 Å². The monoisotopic (exact) mass is 142 g/mol. The van der Waals surface area contributed by atoms with Crippen LogP contribution in [0.5, 0.6) is 0 Å². The minimum Gasteiger partial charge on any atom is -0.368 e. The predicted molar refractivity (Wildman–Crippen MR) is 33.7 cm³/mol. The summed E-state index contributed by atoms with van der Waals surface area (Å²) in [6.07, 6.45) is 1.51. The summed E-state index contributed by atoms with van der Waals surface area (Å²) in [7, 11) is 0. The van der Waals surface area contributed by atoms with Gasteiger partial charge in [-0.25, -0.2) is 4.63 Å². The first-order chi connectivity index (χ1) is 4.43. The van der Waals surface area contributed by atoms with E-state index in [4.69, 9.17) is 0 Å². The molecule has 0 saturated heterocycles. The number of hydrogen-bond donors (Lipinski definition) is 1. The Kier molecular flexibility index (Phi) is 2.14. The molecule has 1 rings (SSSR count). The van der Waals surface area contributed by atoms with Crippen molar-refractivity contribution < 1.29 is 4.63 Å². The molecule has 5 heteroatoms. The fourth-order valence-corrected chi connectivity index (χ4v) is 0.461. The Morgan fingerprint density at radius 1 is 1.89 bits per heavy atom. The van der Waals surface area contributed by atoms with Crippen LogP contribution in [0.4, 0.5) is 0 Å². The Balaban J connectivity index is 2.38. The molecular formula is C4H4N3OS. The Hall–Kier alpha value is -0.970. The van der Waals surface area contributed by atoms with Crippen LogP contribution in [0.15, 0.2) is 10.8 Å². The van der Waals surface area contributed by atoms with Crippen molar-refractivity contribution in [3.63, 3.8) is 0 Å². The van der Waals surface area contributed by atoms with E-state index >= 15 is 0 Å². The minimum atomic E-state index is 0.521. The third kappa shape index (κ3) is 1.77. The number of rotatable bonds is 3. The molecule has 0 spiro atoms. The Morgan fingerprint density at radius 3 is 3.33 bits per heavy atom. The first-order valence-corrected chi connectivity index (χ1v) is 2.71. The first-order valence-electron chi connectivity index (χ1n) is 2.30. The van der Waals surface area contributed by atoms with Crippen LogP contribution in [0.3, 0.4) is 0 Å². The molecule has 0 bridgehead atoms. The van der Waals surface area contributed by atoms with Gasteiger partial charge in [0.25, 0.3) is 0 Å². The molecule has 0 unspecified atom stereocenters. The Morgan fingerprint density at radius 2 is 2.78 bits per heavy atom. The lowest BCUT2D eigenvalue weighted by Gasteiger charge is -1.87. The highest BCUT2D eigenvalue weighted by Gasteiger charge is 1.92. The second kappa shape index (κ2) is 3.13. The van der Waals surface area contributed by atoms with E-state index < -0.39 is 0 Å². The van der Waals surface area contributed by atoms with Crippen LogP contribution in [-0.4, -0.2) is 15.8 Å². The van der Waals surface area contributed by atoms with E-state index in [2.05, 4.69) is 38.0 Å². The van der Waals surface area contributed by atoms with E-state index in [1.807, 2.05) is 0 Å². The van der Waals surface area contributed by atoms with Gasteiger partial charge >= 0.3 is 0 Å². The van der Waals surface area contributed by atoms with Crippen molar-refractivity contribution in [3.8, 4) is 0 Å². The van der Waals surface area contributed by atoms with Crippen molar-refractivity contribution in [2.45, 2.75) is 6.54 Å². The number of nitrogens with zero attached hydrogens (tertiary/aromatic N) is 2. The van der Waals surface area contributed by atoms with E-state index in [0.717, 1.165) is 0 Å². The molecule has 1 aromatic heterocycles. The molecule has 1 heterocycles. The summed E-state index contributed by atoms with van der Waals surface area (Å²) in [6, 6.07) is 0. The highest BCUT2D eigenvalue weighted by molar-refractivity contribution is 7.78. The summed E-state index contributed by atoms with van der Waals surface area (Å²) in [4.78, 5) is 0. The van der Waals surface area contributed by atoms with Crippen molar-refractivity contribution in [2.24, 2.45) is 0 Å². The lowest BCUT2D eigenvalue weighted by molar-refractivity contribution is 0.303. The van der Waals surface area contributed by atoms with Crippen molar-refractivity contribution in [1.29, 1.82) is 0 Å². The number of nitrogens with one attached hydrogen (secondary N) is 1. The smallest absolute Gasteiger partial charge is 0.134 e. The van der Waals surface area contributed by atoms with Crippen molar-refractivity contribution in [2.75, 3.05) is 0 Å². The second-order valence-electron chi connectivity index (χ2n) is 1.35. The van der Waals surface area contributed by atoms with Gasteiger partial charge in [-0.3, -0.25) is 0 Å². The molecule has 0 aliphatic rings. The maximum absolute atomic E-state index is 4.39. The molecule has 0 fully saturated rings. The van der Waals surface area contributed by atoms with Gasteiger partial charge in [-0.05, 0) is 0 Å². The van der Waals surface area contributed by atoms with E-state index in [0.29, 0.717) is 12.2 Å². The second-order valence-corrected chi connectivity index (χ2v) is 1.56. The van der Waals surface area contributed by atoms with Gasteiger partial charge in [0.2, 0.25) is 0 Å². The summed E-state index contributed by atoms with van der Waals surface area (Å²) in [6.45, 7) is 0.521. The lowest BCUT2D eigenvalue weighted by atomic mass is 10.5. The molecule has 0 atom stereocenters. The third-order valence-corrected chi connectivity index (χ3v) is 0.893. The molecule has 1 aromatic rings. The van der Waals surface area contributed by atoms with Crippen LogP contribution in [-0.2, 0) is 6.54 Å². The van der Waals surface area contributed by atoms with Gasteiger partial charge in [-0.15, -0.1) is 0 Å². The van der Waals surface area contributed by atoms with Gasteiger partial charge < -0.3 is 5.32 Å². The highest BCUT2D eigenvalue weighted by Crippen LogP contribution is 1.86. The van der Waals surface area contributed by atoms with E-state index in [-0.39, 0.29) is 0 Å². The Labute approximate surface area is 57.2 Å². The van der Waals surface area contributed by atoms with Crippen LogP contribution in [0.25, 0.3) is 0 Å². The highest BCUT2D eigenvalue weighted by atomic mass is 32.1. The summed E-state index contributed by atoms with van der Waals surface area (Å²) >= 11 is 4.39. The third-order valence-electron chi connectivity index (χ3n) is 0.749.